The first-order valence-corrected chi connectivity index (χ1v) is 24.6. The highest BCUT2D eigenvalue weighted by atomic mass is 16.8. The minimum absolute atomic E-state index is 0.839. The normalized spacial score (nSPS) is 53.5. The Bertz CT molecular complexity index is 1820. The zero-order valence-corrected chi connectivity index (χ0v) is 40.8. The van der Waals surface area contributed by atoms with Crippen molar-refractivity contribution in [2.45, 2.75) is 215 Å². The molecule has 7 aliphatic heterocycles. The summed E-state index contributed by atoms with van der Waals surface area (Å²) in [5, 5.41) is 242. The highest BCUT2D eigenvalue weighted by Gasteiger charge is 2.56. The number of rotatable bonds is 19. The summed E-state index contributed by atoms with van der Waals surface area (Å²) >= 11 is 0. The Morgan fingerprint density at radius 2 is 0.449 bits per heavy atom. The van der Waals surface area contributed by atoms with Gasteiger partial charge >= 0.3 is 0 Å². The van der Waals surface area contributed by atoms with Gasteiger partial charge in [-0.1, -0.05) is 0 Å². The van der Waals surface area contributed by atoms with Crippen molar-refractivity contribution in [2.24, 2.45) is 0 Å². The first kappa shape index (κ1) is 64.1. The summed E-state index contributed by atoms with van der Waals surface area (Å²) in [6.45, 7) is -6.19. The van der Waals surface area contributed by atoms with Crippen molar-refractivity contribution in [3.8, 4) is 0 Å². The summed E-state index contributed by atoms with van der Waals surface area (Å²) in [6.07, 6.45) is -66.7. The van der Waals surface area contributed by atoms with Crippen molar-refractivity contribution in [1.29, 1.82) is 0 Å². The van der Waals surface area contributed by atoms with Crippen LogP contribution in [0, 0.1) is 0 Å². The molecule has 0 amide bonds. The summed E-state index contributed by atoms with van der Waals surface area (Å²) in [7, 11) is 0. The van der Waals surface area contributed by atoms with Gasteiger partial charge in [0.25, 0.3) is 0 Å². The van der Waals surface area contributed by atoms with Gasteiger partial charge in [-0.05, 0) is 0 Å². The fourth-order valence-corrected chi connectivity index (χ4v) is 9.67. The average Bonchev–Trinajstić information content (AvgIpc) is 3.44. The van der Waals surface area contributed by atoms with Gasteiger partial charge in [-0.15, -0.1) is 0 Å². The van der Waals surface area contributed by atoms with Crippen LogP contribution in [-0.2, 0) is 61.6 Å². The summed E-state index contributed by atoms with van der Waals surface area (Å²) in [5.74, 6) is 0. The molecule has 7 rings (SSSR count). The van der Waals surface area contributed by atoms with E-state index in [4.69, 9.17) is 61.6 Å². The van der Waals surface area contributed by atoms with Gasteiger partial charge in [-0.3, -0.25) is 0 Å². The van der Waals surface area contributed by atoms with Gasteiger partial charge < -0.3 is 179 Å². The molecule has 0 radical (unpaired) electrons. The Kier molecular flexibility index (Phi) is 22.6. The lowest BCUT2D eigenvalue weighted by atomic mass is 9.96. The molecule has 0 aromatic heterocycles. The van der Waals surface area contributed by atoms with E-state index in [-0.39, 0.29) is 0 Å². The summed E-state index contributed by atoms with van der Waals surface area (Å²) < 4.78 is 71.4. The Morgan fingerprint density at radius 1 is 0.218 bits per heavy atom. The molecular weight excluding hydrogens is 1080 g/mol. The van der Waals surface area contributed by atoms with Gasteiger partial charge in [-0.25, -0.2) is 0 Å². The SMILES string of the molecule is OC[C@H]1O[C@H](O[C@@H]2[C@@H](O)[C@@H](OC[C@H]3O[C@H](OC[C@H]4OC(O)[C@H](O)[C@@H](O[C@H]5O[C@H](CO[C@H]6O[C@H](CO)[C@@H](O)[C@H](O[C@H]7O[C@H](CO)[C@@H](O)[C@H](O)[C@H]7O)[C@H]6O)[C@@H](O)[C@H](O)[C@H]5O)[C@@H]4O)[C@H](O)[C@@H](O)[C@@H]3O)O[C@H](CO)[C@H]2O)[C@H](O)[C@@H](O)[C@@H]1O. The first-order chi connectivity index (χ1) is 36.9. The molecule has 0 spiro atoms. The fourth-order valence-electron chi connectivity index (χ4n) is 9.67. The quantitative estimate of drug-likeness (QED) is 0.0571. The minimum Gasteiger partial charge on any atom is -0.394 e. The van der Waals surface area contributed by atoms with Gasteiger partial charge in [0.15, 0.2) is 44.0 Å². The molecule has 36 heteroatoms. The molecule has 0 aromatic carbocycles. The maximum Gasteiger partial charge on any atom is 0.187 e. The van der Waals surface area contributed by atoms with Gasteiger partial charge in [0.1, 0.15) is 171 Å². The van der Waals surface area contributed by atoms with E-state index in [1.807, 2.05) is 0 Å². The van der Waals surface area contributed by atoms with Crippen molar-refractivity contribution < 1.29 is 179 Å². The summed E-state index contributed by atoms with van der Waals surface area (Å²) in [6, 6.07) is 0. The second-order valence-corrected chi connectivity index (χ2v) is 19.7. The predicted octanol–water partition coefficient (Wildman–Crippen LogP) is -16.3. The van der Waals surface area contributed by atoms with Crippen LogP contribution in [0.25, 0.3) is 0 Å². The van der Waals surface area contributed by atoms with Gasteiger partial charge in [0.05, 0.1) is 46.2 Å². The zero-order chi connectivity index (χ0) is 57.3. The second kappa shape index (κ2) is 27.5. The van der Waals surface area contributed by atoms with E-state index in [2.05, 4.69) is 0 Å². The number of aliphatic hydroxyl groups excluding tert-OH is 23. The van der Waals surface area contributed by atoms with Crippen molar-refractivity contribution in [2.75, 3.05) is 46.2 Å². The number of hydrogen-bond acceptors (Lipinski definition) is 36. The topological polar surface area (TPSA) is 585 Å². The molecule has 23 N–H and O–H groups in total. The van der Waals surface area contributed by atoms with Crippen LogP contribution in [0.15, 0.2) is 0 Å². The molecule has 36 nitrogen and oxygen atoms in total. The van der Waals surface area contributed by atoms with Crippen molar-refractivity contribution in [3.05, 3.63) is 0 Å². The molecule has 35 atom stereocenters. The molecule has 7 fully saturated rings. The largest absolute Gasteiger partial charge is 0.394 e. The first-order valence-electron chi connectivity index (χ1n) is 24.6. The molecule has 7 aliphatic rings. The lowest BCUT2D eigenvalue weighted by molar-refractivity contribution is -0.374. The molecule has 78 heavy (non-hydrogen) atoms. The van der Waals surface area contributed by atoms with E-state index in [1.54, 1.807) is 0 Å². The van der Waals surface area contributed by atoms with Crippen LogP contribution in [-0.4, -0.2) is 379 Å². The Morgan fingerprint density at radius 3 is 0.795 bits per heavy atom. The molecule has 456 valence electrons. The van der Waals surface area contributed by atoms with E-state index in [0.717, 1.165) is 0 Å². The highest BCUT2D eigenvalue weighted by Crippen LogP contribution is 2.35. The molecule has 0 aliphatic carbocycles. The van der Waals surface area contributed by atoms with E-state index < -0.39 is 261 Å². The molecule has 1 unspecified atom stereocenters. The Balaban J connectivity index is 0.952. The Labute approximate surface area is 439 Å². The zero-order valence-electron chi connectivity index (χ0n) is 40.8. The smallest absolute Gasteiger partial charge is 0.187 e. The monoisotopic (exact) mass is 1150 g/mol. The van der Waals surface area contributed by atoms with Crippen LogP contribution >= 0.6 is 0 Å². The standard InChI is InChI=1S/C42H72O36/c43-1-8-15(47)22(54)27(59)40(72-8)77-34-19(51)10(3-45)70-38(31(34)63)67-5-12-17(49)24(56)26(58)37(74-12)66-7-14-21(53)33(30(62)36(65)69-14)76-42-29(61)25(57)18(50)13(75-42)6-68-39-32(64)35(20(52)11(4-46)71-39)78-41-28(60)23(55)16(48)9(2-44)73-41/h8-65H,1-7H2/t8-,9-,10-,11-,12-,13-,14-,15-,16-,17-,18-,19-,20-,21-,22+,23+,24+,25+,26-,27-,28-,29-,30-,31-,32-,33+,34+,35+,36?,37+,38+,39+,40-,41-,42-/m1/s1. The third-order valence-electron chi connectivity index (χ3n) is 14.5. The van der Waals surface area contributed by atoms with Crippen LogP contribution in [0.1, 0.15) is 0 Å². The maximum absolute atomic E-state index is 11.4. The lowest BCUT2D eigenvalue weighted by Crippen LogP contribution is -2.66. The van der Waals surface area contributed by atoms with Crippen LogP contribution in [0.5, 0.6) is 0 Å². The molecule has 7 saturated heterocycles. The third-order valence-corrected chi connectivity index (χ3v) is 14.5. The molecule has 0 bridgehead atoms. The van der Waals surface area contributed by atoms with E-state index >= 15 is 0 Å². The van der Waals surface area contributed by atoms with Crippen molar-refractivity contribution in [1.82, 2.24) is 0 Å². The predicted molar refractivity (Wildman–Crippen MR) is 232 cm³/mol. The van der Waals surface area contributed by atoms with Gasteiger partial charge in [-0.2, -0.15) is 0 Å². The minimum atomic E-state index is -2.22. The third kappa shape index (κ3) is 13.4. The van der Waals surface area contributed by atoms with Gasteiger partial charge in [0, 0.05) is 0 Å². The molecular formula is C42H72O36. The van der Waals surface area contributed by atoms with Crippen molar-refractivity contribution in [3.63, 3.8) is 0 Å². The van der Waals surface area contributed by atoms with E-state index in [1.165, 1.54) is 0 Å². The molecule has 0 saturated carbocycles. The average molecular weight is 1150 g/mol. The number of hydrogen-bond donors (Lipinski definition) is 23. The van der Waals surface area contributed by atoms with E-state index in [9.17, 15) is 117 Å². The van der Waals surface area contributed by atoms with Crippen molar-refractivity contribution >= 4 is 0 Å². The lowest BCUT2D eigenvalue weighted by Gasteiger charge is -2.47. The summed E-state index contributed by atoms with van der Waals surface area (Å²) in [5.41, 5.74) is 0. The van der Waals surface area contributed by atoms with E-state index in [0.29, 0.717) is 0 Å². The van der Waals surface area contributed by atoms with Crippen LogP contribution in [0.3, 0.4) is 0 Å². The van der Waals surface area contributed by atoms with Crippen LogP contribution < -0.4 is 0 Å². The van der Waals surface area contributed by atoms with Crippen LogP contribution in [0.4, 0.5) is 0 Å². The highest BCUT2D eigenvalue weighted by molar-refractivity contribution is 4.99. The maximum atomic E-state index is 11.4. The second-order valence-electron chi connectivity index (χ2n) is 19.7. The number of ether oxygens (including phenoxy) is 13. The summed E-state index contributed by atoms with van der Waals surface area (Å²) in [4.78, 5) is 0. The van der Waals surface area contributed by atoms with Gasteiger partial charge in [0.2, 0.25) is 0 Å². The molecule has 0 aromatic rings. The molecule has 7 heterocycles. The number of aliphatic hydroxyl groups is 23. The Hall–Kier alpha value is -1.44. The van der Waals surface area contributed by atoms with Crippen LogP contribution in [0.2, 0.25) is 0 Å². The fraction of sp³-hybridized carbons (Fsp3) is 1.00.